The fourth-order valence-electron chi connectivity index (χ4n) is 2.05. The van der Waals surface area contributed by atoms with E-state index in [0.717, 1.165) is 25.2 Å². The molecule has 0 aliphatic heterocycles. The van der Waals surface area contributed by atoms with Crippen LogP contribution in [0.15, 0.2) is 11.3 Å². The minimum absolute atomic E-state index is 0.379. The summed E-state index contributed by atoms with van der Waals surface area (Å²) in [5.41, 5.74) is 7.92. The van der Waals surface area contributed by atoms with Crippen molar-refractivity contribution < 1.29 is 0 Å². The molecule has 8 heteroatoms. The van der Waals surface area contributed by atoms with Gasteiger partial charge >= 0.3 is 0 Å². The molecular formula is C15H24N8. The minimum atomic E-state index is 0.379. The van der Waals surface area contributed by atoms with Gasteiger partial charge in [-0.15, -0.1) is 0 Å². The molecule has 8 nitrogen and oxygen atoms in total. The molecule has 0 aliphatic rings. The molecule has 2 aromatic heterocycles. The maximum absolute atomic E-state index is 6.09. The van der Waals surface area contributed by atoms with E-state index in [4.69, 9.17) is 5.73 Å². The van der Waals surface area contributed by atoms with Crippen LogP contribution in [0.5, 0.6) is 0 Å². The second-order valence-corrected chi connectivity index (χ2v) is 5.38. The van der Waals surface area contributed by atoms with Gasteiger partial charge in [0.25, 0.3) is 0 Å². The van der Waals surface area contributed by atoms with Gasteiger partial charge in [-0.1, -0.05) is 13.8 Å². The van der Waals surface area contributed by atoms with Crippen LogP contribution >= 0.6 is 0 Å². The molecular weight excluding hydrogens is 292 g/mol. The highest BCUT2D eigenvalue weighted by Gasteiger charge is 2.16. The number of aliphatic imine (C=N–C) groups is 1. The zero-order valence-electron chi connectivity index (χ0n) is 14.2. The van der Waals surface area contributed by atoms with Crippen LogP contribution in [0.1, 0.15) is 32.4 Å². The highest BCUT2D eigenvalue weighted by atomic mass is 15.2. The van der Waals surface area contributed by atoms with E-state index in [-0.39, 0.29) is 0 Å². The standard InChI is InChI=1S/C15H24N8/c1-5-7-17-13(16)11-10-12(20-9-19-11)14(23(3)4)22-15(21-10)18-8-6-2/h9H,5-8H2,1-4H3,(H2,16,17)(H,18,21,22). The Hall–Kier alpha value is -2.51. The van der Waals surface area contributed by atoms with Crippen LogP contribution in [-0.2, 0) is 0 Å². The van der Waals surface area contributed by atoms with Crippen molar-refractivity contribution in [3.63, 3.8) is 0 Å². The molecule has 124 valence electrons. The predicted molar refractivity (Wildman–Crippen MR) is 94.1 cm³/mol. The van der Waals surface area contributed by atoms with Gasteiger partial charge < -0.3 is 16.0 Å². The molecule has 0 aromatic carbocycles. The summed E-state index contributed by atoms with van der Waals surface area (Å²) in [4.78, 5) is 23.9. The van der Waals surface area contributed by atoms with Crippen molar-refractivity contribution in [1.29, 1.82) is 0 Å². The Bertz CT molecular complexity index is 695. The van der Waals surface area contributed by atoms with E-state index in [1.54, 1.807) is 0 Å². The molecule has 0 fully saturated rings. The van der Waals surface area contributed by atoms with Gasteiger partial charge in [-0.05, 0) is 12.8 Å². The monoisotopic (exact) mass is 316 g/mol. The van der Waals surface area contributed by atoms with Crippen molar-refractivity contribution >= 4 is 28.6 Å². The second-order valence-electron chi connectivity index (χ2n) is 5.38. The lowest BCUT2D eigenvalue weighted by Crippen LogP contribution is -2.20. The smallest absolute Gasteiger partial charge is 0.225 e. The van der Waals surface area contributed by atoms with Gasteiger partial charge in [0.15, 0.2) is 5.82 Å². The third-order valence-electron chi connectivity index (χ3n) is 3.17. The number of rotatable bonds is 7. The zero-order chi connectivity index (χ0) is 16.8. The van der Waals surface area contributed by atoms with E-state index >= 15 is 0 Å². The van der Waals surface area contributed by atoms with E-state index in [1.807, 2.05) is 25.9 Å². The number of anilines is 2. The topological polar surface area (TPSA) is 105 Å². The Morgan fingerprint density at radius 1 is 1.17 bits per heavy atom. The van der Waals surface area contributed by atoms with Crippen LogP contribution in [0.2, 0.25) is 0 Å². The SMILES string of the molecule is CCCN=C(N)c1ncnc2c(N(C)C)nc(NCCC)nc12. The average Bonchev–Trinajstić information content (AvgIpc) is 2.56. The molecule has 0 atom stereocenters. The van der Waals surface area contributed by atoms with Gasteiger partial charge in [0.1, 0.15) is 28.9 Å². The van der Waals surface area contributed by atoms with Gasteiger partial charge in [-0.2, -0.15) is 4.98 Å². The van der Waals surface area contributed by atoms with Crippen LogP contribution < -0.4 is 16.0 Å². The molecule has 0 aliphatic carbocycles. The van der Waals surface area contributed by atoms with Crippen molar-refractivity contribution in [1.82, 2.24) is 19.9 Å². The fraction of sp³-hybridized carbons (Fsp3) is 0.533. The van der Waals surface area contributed by atoms with E-state index in [0.29, 0.717) is 35.1 Å². The summed E-state index contributed by atoms with van der Waals surface area (Å²) in [6.07, 6.45) is 3.38. The number of hydrogen-bond acceptors (Lipinski definition) is 7. The lowest BCUT2D eigenvalue weighted by atomic mass is 10.2. The molecule has 0 unspecified atom stereocenters. The summed E-state index contributed by atoms with van der Waals surface area (Å²) >= 11 is 0. The van der Waals surface area contributed by atoms with Crippen molar-refractivity contribution in [2.75, 3.05) is 37.4 Å². The summed E-state index contributed by atoms with van der Waals surface area (Å²) in [7, 11) is 3.84. The largest absolute Gasteiger partial charge is 0.382 e. The molecule has 2 heterocycles. The number of nitrogens with zero attached hydrogens (tertiary/aromatic N) is 6. The summed E-state index contributed by atoms with van der Waals surface area (Å²) in [5.74, 6) is 1.65. The number of nitrogens with one attached hydrogen (secondary N) is 1. The molecule has 2 rings (SSSR count). The number of hydrogen-bond donors (Lipinski definition) is 2. The first kappa shape index (κ1) is 16.9. The van der Waals surface area contributed by atoms with Gasteiger partial charge in [-0.25, -0.2) is 15.0 Å². The molecule has 23 heavy (non-hydrogen) atoms. The van der Waals surface area contributed by atoms with Gasteiger partial charge in [0.2, 0.25) is 5.95 Å². The first-order valence-electron chi connectivity index (χ1n) is 7.82. The van der Waals surface area contributed by atoms with E-state index in [2.05, 4.69) is 37.2 Å². The normalized spacial score (nSPS) is 11.7. The van der Waals surface area contributed by atoms with Crippen LogP contribution in [0, 0.1) is 0 Å². The molecule has 0 spiro atoms. The summed E-state index contributed by atoms with van der Waals surface area (Å²) in [5, 5.41) is 3.21. The third-order valence-corrected chi connectivity index (χ3v) is 3.17. The number of aromatic nitrogens is 4. The van der Waals surface area contributed by atoms with Crippen LogP contribution in [-0.4, -0.2) is 53.0 Å². The summed E-state index contributed by atoms with van der Waals surface area (Å²) in [6, 6.07) is 0. The van der Waals surface area contributed by atoms with E-state index in [9.17, 15) is 0 Å². The van der Waals surface area contributed by atoms with Gasteiger partial charge in [0, 0.05) is 27.2 Å². The third kappa shape index (κ3) is 3.82. The zero-order valence-corrected chi connectivity index (χ0v) is 14.2. The Morgan fingerprint density at radius 3 is 2.61 bits per heavy atom. The number of fused-ring (bicyclic) bond motifs is 1. The number of amidine groups is 1. The first-order chi connectivity index (χ1) is 11.1. The van der Waals surface area contributed by atoms with Crippen molar-refractivity contribution in [3.8, 4) is 0 Å². The Morgan fingerprint density at radius 2 is 1.96 bits per heavy atom. The number of nitrogens with two attached hydrogens (primary N) is 1. The molecule has 0 saturated carbocycles. The van der Waals surface area contributed by atoms with Crippen molar-refractivity contribution in [3.05, 3.63) is 12.0 Å². The maximum Gasteiger partial charge on any atom is 0.225 e. The lowest BCUT2D eigenvalue weighted by molar-refractivity contribution is 0.928. The molecule has 0 bridgehead atoms. The minimum Gasteiger partial charge on any atom is -0.382 e. The molecule has 0 amide bonds. The highest BCUT2D eigenvalue weighted by molar-refractivity contribution is 6.06. The van der Waals surface area contributed by atoms with Crippen molar-refractivity contribution in [2.45, 2.75) is 26.7 Å². The molecule has 2 aromatic rings. The Kier molecular flexibility index (Phi) is 5.61. The van der Waals surface area contributed by atoms with Crippen LogP contribution in [0.25, 0.3) is 11.0 Å². The summed E-state index contributed by atoms with van der Waals surface area (Å²) in [6.45, 7) is 5.59. The summed E-state index contributed by atoms with van der Waals surface area (Å²) < 4.78 is 0. The first-order valence-corrected chi connectivity index (χ1v) is 7.82. The average molecular weight is 316 g/mol. The fourth-order valence-corrected chi connectivity index (χ4v) is 2.05. The molecule has 3 N–H and O–H groups in total. The predicted octanol–water partition coefficient (Wildman–Crippen LogP) is 1.42. The van der Waals surface area contributed by atoms with Crippen molar-refractivity contribution in [2.24, 2.45) is 10.7 Å². The lowest BCUT2D eigenvalue weighted by Gasteiger charge is -2.16. The van der Waals surface area contributed by atoms with Gasteiger partial charge in [0.05, 0.1) is 0 Å². The van der Waals surface area contributed by atoms with E-state index < -0.39 is 0 Å². The van der Waals surface area contributed by atoms with Gasteiger partial charge in [-0.3, -0.25) is 4.99 Å². The van der Waals surface area contributed by atoms with E-state index in [1.165, 1.54) is 6.33 Å². The second kappa shape index (κ2) is 7.66. The Balaban J connectivity index is 2.63. The Labute approximate surface area is 136 Å². The van der Waals surface area contributed by atoms with Crippen LogP contribution in [0.3, 0.4) is 0 Å². The van der Waals surface area contributed by atoms with Crippen LogP contribution in [0.4, 0.5) is 11.8 Å². The maximum atomic E-state index is 6.09. The quantitative estimate of drug-likeness (QED) is 0.588. The molecule has 0 saturated heterocycles. The molecule has 0 radical (unpaired) electrons. The highest BCUT2D eigenvalue weighted by Crippen LogP contribution is 2.23.